The second kappa shape index (κ2) is 64.8. The van der Waals surface area contributed by atoms with Crippen LogP contribution in [-0.4, -0.2) is 193 Å². The van der Waals surface area contributed by atoms with Crippen LogP contribution in [0.1, 0.15) is 361 Å². The minimum atomic E-state index is -1.98. The van der Waals surface area contributed by atoms with Gasteiger partial charge in [-0.1, -0.05) is 333 Å². The predicted octanol–water partition coefficient (Wildman–Crippen LogP) is 15.1. The van der Waals surface area contributed by atoms with E-state index in [2.05, 4.69) is 43.5 Å². The largest absolute Gasteiger partial charge is 0.394 e. The second-order valence-electron chi connectivity index (χ2n) is 30.6. The Bertz CT molecular complexity index is 2000. The first-order valence-corrected chi connectivity index (χ1v) is 42.7. The van der Waals surface area contributed by atoms with E-state index >= 15 is 0 Å². The molecule has 17 unspecified atom stereocenters. The number of carbonyl (C=O) groups is 1. The van der Waals surface area contributed by atoms with Gasteiger partial charge < -0.3 is 89.9 Å². The van der Waals surface area contributed by atoms with E-state index in [4.69, 9.17) is 28.4 Å². The molecule has 606 valence electrons. The van der Waals surface area contributed by atoms with Crippen molar-refractivity contribution in [2.24, 2.45) is 0 Å². The van der Waals surface area contributed by atoms with Crippen LogP contribution in [0.4, 0.5) is 0 Å². The quantitative estimate of drug-likeness (QED) is 0.0199. The van der Waals surface area contributed by atoms with Crippen molar-refractivity contribution in [1.82, 2.24) is 5.32 Å². The van der Waals surface area contributed by atoms with Gasteiger partial charge in [-0.3, -0.25) is 4.79 Å². The van der Waals surface area contributed by atoms with Crippen molar-refractivity contribution in [2.75, 3.05) is 26.4 Å². The SMILES string of the molecule is CCCCCCCCCC/C=C\CCCCCCCCCCCCCCCC(=O)NC(COC1OC(CO)C(OC2OC(CO)C(OC3OC(CO)C(O)C(O)C3O)C(O)C2O)C(O)C1O)C(O)/C=C/CC/C=C/CCCCCCCCCCCCCCCCCCCCCCCCCCCCC. The molecule has 0 aromatic rings. The Kier molecular flexibility index (Phi) is 59.9. The summed E-state index contributed by atoms with van der Waals surface area (Å²) in [6.07, 6.45) is 54.4. The molecule has 0 saturated carbocycles. The maximum Gasteiger partial charge on any atom is 0.220 e. The number of ether oxygens (including phenoxy) is 6. The highest BCUT2D eigenvalue weighted by molar-refractivity contribution is 5.76. The van der Waals surface area contributed by atoms with Crippen molar-refractivity contribution in [3.63, 3.8) is 0 Å². The van der Waals surface area contributed by atoms with Gasteiger partial charge in [0.2, 0.25) is 5.91 Å². The third kappa shape index (κ3) is 44.5. The van der Waals surface area contributed by atoms with Crippen LogP contribution in [0.5, 0.6) is 0 Å². The molecule has 3 aliphatic heterocycles. The van der Waals surface area contributed by atoms with Gasteiger partial charge in [0.25, 0.3) is 0 Å². The fourth-order valence-corrected chi connectivity index (χ4v) is 14.6. The molecule has 19 heteroatoms. The number of amides is 1. The van der Waals surface area contributed by atoms with Crippen molar-refractivity contribution < 1.29 is 89.4 Å². The molecule has 1 amide bonds. The normalized spacial score (nSPS) is 26.2. The molecule has 0 aliphatic carbocycles. The van der Waals surface area contributed by atoms with Crippen LogP contribution in [0, 0.1) is 0 Å². The number of nitrogens with one attached hydrogen (secondary N) is 1. The molecular weight excluding hydrogens is 1310 g/mol. The summed E-state index contributed by atoms with van der Waals surface area (Å²) < 4.78 is 34.5. The van der Waals surface area contributed by atoms with Crippen LogP contribution >= 0.6 is 0 Å². The number of rotatable bonds is 69. The first-order chi connectivity index (χ1) is 50.3. The number of hydrogen-bond donors (Lipinski definition) is 12. The van der Waals surface area contributed by atoms with Gasteiger partial charge in [0.1, 0.15) is 73.2 Å². The minimum Gasteiger partial charge on any atom is -0.394 e. The van der Waals surface area contributed by atoms with E-state index in [9.17, 15) is 61.0 Å². The lowest BCUT2D eigenvalue weighted by atomic mass is 9.96. The molecule has 0 radical (unpaired) electrons. The average Bonchev–Trinajstić information content (AvgIpc) is 0.781. The summed E-state index contributed by atoms with van der Waals surface area (Å²) in [5.41, 5.74) is 0. The highest BCUT2D eigenvalue weighted by Gasteiger charge is 2.54. The molecule has 19 nitrogen and oxygen atoms in total. The molecule has 3 rings (SSSR count). The van der Waals surface area contributed by atoms with Crippen LogP contribution in [0.2, 0.25) is 0 Å². The highest BCUT2D eigenvalue weighted by Crippen LogP contribution is 2.33. The van der Waals surface area contributed by atoms with Gasteiger partial charge >= 0.3 is 0 Å². The number of aliphatic hydroxyl groups is 11. The average molecular weight is 1470 g/mol. The lowest BCUT2D eigenvalue weighted by Crippen LogP contribution is -2.66. The van der Waals surface area contributed by atoms with E-state index in [1.165, 1.54) is 289 Å². The molecule has 0 spiro atoms. The summed E-state index contributed by atoms with van der Waals surface area (Å²) in [6, 6.07) is -0.991. The molecule has 0 aromatic heterocycles. The van der Waals surface area contributed by atoms with Crippen molar-refractivity contribution >= 4 is 5.91 Å². The van der Waals surface area contributed by atoms with E-state index in [0.29, 0.717) is 12.8 Å². The summed E-state index contributed by atoms with van der Waals surface area (Å²) >= 11 is 0. The van der Waals surface area contributed by atoms with Gasteiger partial charge in [-0.2, -0.15) is 0 Å². The van der Waals surface area contributed by atoms with Crippen LogP contribution in [-0.2, 0) is 33.2 Å². The van der Waals surface area contributed by atoms with E-state index in [-0.39, 0.29) is 18.9 Å². The number of unbranched alkanes of at least 4 members (excludes halogenated alkanes) is 49. The predicted molar refractivity (Wildman–Crippen MR) is 411 cm³/mol. The van der Waals surface area contributed by atoms with Gasteiger partial charge in [0.05, 0.1) is 38.6 Å². The molecule has 0 aromatic carbocycles. The van der Waals surface area contributed by atoms with Gasteiger partial charge in [0, 0.05) is 6.42 Å². The van der Waals surface area contributed by atoms with Gasteiger partial charge in [-0.05, 0) is 57.8 Å². The third-order valence-corrected chi connectivity index (χ3v) is 21.4. The monoisotopic (exact) mass is 1470 g/mol. The summed E-state index contributed by atoms with van der Waals surface area (Å²) in [5.74, 6) is -0.280. The summed E-state index contributed by atoms with van der Waals surface area (Å²) in [6.45, 7) is 1.78. The Balaban J connectivity index is 1.36. The second-order valence-corrected chi connectivity index (χ2v) is 30.6. The zero-order chi connectivity index (χ0) is 74.6. The molecule has 3 heterocycles. The van der Waals surface area contributed by atoms with E-state index in [1.807, 2.05) is 6.08 Å². The number of allylic oxidation sites excluding steroid dienone is 5. The van der Waals surface area contributed by atoms with E-state index in [1.54, 1.807) is 6.08 Å². The van der Waals surface area contributed by atoms with Crippen LogP contribution in [0.25, 0.3) is 0 Å². The number of carbonyl (C=O) groups excluding carboxylic acids is 1. The molecule has 12 N–H and O–H groups in total. The summed E-state index contributed by atoms with van der Waals surface area (Å²) in [4.78, 5) is 13.5. The van der Waals surface area contributed by atoms with Crippen LogP contribution in [0.15, 0.2) is 36.5 Å². The lowest BCUT2D eigenvalue weighted by molar-refractivity contribution is -0.379. The van der Waals surface area contributed by atoms with E-state index < -0.39 is 124 Å². The molecule has 103 heavy (non-hydrogen) atoms. The number of aliphatic hydroxyl groups excluding tert-OH is 11. The van der Waals surface area contributed by atoms with Crippen molar-refractivity contribution in [1.29, 1.82) is 0 Å². The first kappa shape index (κ1) is 95.2. The number of hydrogen-bond acceptors (Lipinski definition) is 18. The maximum absolute atomic E-state index is 13.5. The van der Waals surface area contributed by atoms with Crippen molar-refractivity contribution in [2.45, 2.75) is 465 Å². The summed E-state index contributed by atoms with van der Waals surface area (Å²) in [5, 5.41) is 121. The van der Waals surface area contributed by atoms with Crippen LogP contribution < -0.4 is 5.32 Å². The van der Waals surface area contributed by atoms with E-state index in [0.717, 1.165) is 38.5 Å². The van der Waals surface area contributed by atoms with Crippen molar-refractivity contribution in [3.8, 4) is 0 Å². The third-order valence-electron chi connectivity index (χ3n) is 21.4. The molecule has 17 atom stereocenters. The van der Waals surface area contributed by atoms with Crippen LogP contribution in [0.3, 0.4) is 0 Å². The Hall–Kier alpha value is -1.99. The Morgan fingerprint density at radius 3 is 0.971 bits per heavy atom. The Labute approximate surface area is 625 Å². The lowest BCUT2D eigenvalue weighted by Gasteiger charge is -2.48. The van der Waals surface area contributed by atoms with Gasteiger partial charge in [-0.25, -0.2) is 0 Å². The topological polar surface area (TPSA) is 307 Å². The van der Waals surface area contributed by atoms with Crippen molar-refractivity contribution in [3.05, 3.63) is 36.5 Å². The Morgan fingerprint density at radius 1 is 0.340 bits per heavy atom. The zero-order valence-corrected chi connectivity index (χ0v) is 65.1. The molecule has 3 fully saturated rings. The van der Waals surface area contributed by atoms with Gasteiger partial charge in [0.15, 0.2) is 18.9 Å². The fourth-order valence-electron chi connectivity index (χ4n) is 14.6. The zero-order valence-electron chi connectivity index (χ0n) is 65.1. The smallest absolute Gasteiger partial charge is 0.220 e. The molecule has 3 saturated heterocycles. The highest BCUT2D eigenvalue weighted by atomic mass is 16.8. The minimum absolute atomic E-state index is 0.238. The maximum atomic E-state index is 13.5. The Morgan fingerprint density at radius 2 is 0.621 bits per heavy atom. The molecule has 3 aliphatic rings. The standard InChI is InChI=1S/C84H157NO18/c1-3-5-7-9-11-13-15-17-19-21-23-25-27-29-30-31-32-33-34-35-36-38-39-41-43-45-47-49-51-53-55-57-59-61-68(89)67(85-72(90)62-60-58-56-54-52-50-48-46-44-42-40-37-28-26-24-22-20-18-16-14-12-10-8-6-4-2)66-98-82-78(96)75(93)80(70(64-87)100-82)103-84-79(97)76(94)81(71(65-88)101-84)102-83-77(95)74(92)73(91)69(63-86)99-83/h22,24,51,53,59,61,67-71,73-84,86-89,91-97H,3-21,23,25-50,52,54-58,60,62-66H2,1-2H3,(H,85,90)/b24-22-,53-51+,61-59+. The first-order valence-electron chi connectivity index (χ1n) is 42.7. The fraction of sp³-hybridized carbons (Fsp3) is 0.917. The summed E-state index contributed by atoms with van der Waals surface area (Å²) in [7, 11) is 0. The molecule has 0 bridgehead atoms. The molecular formula is C84H157NO18. The van der Waals surface area contributed by atoms with Gasteiger partial charge in [-0.15, -0.1) is 0 Å².